The van der Waals surface area contributed by atoms with E-state index in [1.165, 1.54) is 12.1 Å². The molecule has 1 atom stereocenters. The Morgan fingerprint density at radius 2 is 1.79 bits per heavy atom. The molecule has 3 rings (SSSR count). The number of amides is 1. The molecule has 5 nitrogen and oxygen atoms in total. The monoisotopic (exact) mass is 344 g/mol. The number of rotatable bonds is 6. The Balaban J connectivity index is 1.74. The molecule has 24 heavy (non-hydrogen) atoms. The quantitative estimate of drug-likeness (QED) is 0.846. The van der Waals surface area contributed by atoms with Crippen LogP contribution in [0.2, 0.25) is 0 Å². The molecule has 2 N–H and O–H groups in total. The third kappa shape index (κ3) is 3.94. The van der Waals surface area contributed by atoms with Crippen molar-refractivity contribution < 1.29 is 13.2 Å². The van der Waals surface area contributed by atoms with Gasteiger partial charge in [0.25, 0.3) is 15.9 Å². The van der Waals surface area contributed by atoms with Crippen molar-refractivity contribution >= 4 is 21.6 Å². The number of benzene rings is 2. The van der Waals surface area contributed by atoms with Crippen LogP contribution in [0.3, 0.4) is 0 Å². The van der Waals surface area contributed by atoms with Gasteiger partial charge in [-0.05, 0) is 56.0 Å². The van der Waals surface area contributed by atoms with Gasteiger partial charge >= 0.3 is 0 Å². The van der Waals surface area contributed by atoms with Crippen LogP contribution < -0.4 is 10.0 Å². The van der Waals surface area contributed by atoms with Gasteiger partial charge in [-0.25, -0.2) is 8.42 Å². The van der Waals surface area contributed by atoms with E-state index in [2.05, 4.69) is 10.0 Å². The predicted molar refractivity (Wildman–Crippen MR) is 93.3 cm³/mol. The number of carbonyl (C=O) groups excluding carboxylic acids is 1. The summed E-state index contributed by atoms with van der Waals surface area (Å²) in [5.74, 6) is 0.379. The van der Waals surface area contributed by atoms with Crippen molar-refractivity contribution in [2.24, 2.45) is 5.92 Å². The molecule has 0 saturated heterocycles. The Labute approximate surface area is 142 Å². The van der Waals surface area contributed by atoms with Crippen molar-refractivity contribution in [2.75, 3.05) is 4.72 Å². The summed E-state index contributed by atoms with van der Waals surface area (Å²) < 4.78 is 27.2. The fourth-order valence-corrected chi connectivity index (χ4v) is 3.61. The van der Waals surface area contributed by atoms with Crippen LogP contribution in [-0.2, 0) is 10.0 Å². The first-order valence-corrected chi connectivity index (χ1v) is 9.43. The van der Waals surface area contributed by atoms with E-state index < -0.39 is 10.0 Å². The smallest absolute Gasteiger partial charge is 0.261 e. The van der Waals surface area contributed by atoms with E-state index in [-0.39, 0.29) is 16.8 Å². The van der Waals surface area contributed by atoms with Gasteiger partial charge in [-0.1, -0.05) is 24.3 Å². The van der Waals surface area contributed by atoms with E-state index in [9.17, 15) is 13.2 Å². The average Bonchev–Trinajstić information content (AvgIpc) is 3.40. The summed E-state index contributed by atoms with van der Waals surface area (Å²) >= 11 is 0. The zero-order chi connectivity index (χ0) is 17.2. The highest BCUT2D eigenvalue weighted by Crippen LogP contribution is 2.32. The van der Waals surface area contributed by atoms with E-state index in [0.29, 0.717) is 17.2 Å². The number of sulfonamides is 1. The third-order valence-corrected chi connectivity index (χ3v) is 5.52. The minimum atomic E-state index is -3.66. The maximum atomic E-state index is 12.3. The standard InChI is InChI=1S/C18H20N2O3S/c1-13(14-10-11-14)19-18(21)15-6-5-7-16(12-15)20-24(22,23)17-8-3-2-4-9-17/h2-9,12-14,20H,10-11H2,1H3,(H,19,21). The summed E-state index contributed by atoms with van der Waals surface area (Å²) in [4.78, 5) is 12.5. The number of nitrogens with one attached hydrogen (secondary N) is 2. The van der Waals surface area contributed by atoms with Gasteiger partial charge in [-0.3, -0.25) is 9.52 Å². The van der Waals surface area contributed by atoms with Gasteiger partial charge < -0.3 is 5.32 Å². The average molecular weight is 344 g/mol. The molecule has 6 heteroatoms. The molecule has 0 bridgehead atoms. The Hall–Kier alpha value is -2.34. The van der Waals surface area contributed by atoms with E-state index >= 15 is 0 Å². The van der Waals surface area contributed by atoms with Crippen LogP contribution in [0, 0.1) is 5.92 Å². The zero-order valence-corrected chi connectivity index (χ0v) is 14.2. The van der Waals surface area contributed by atoms with Crippen LogP contribution in [0.15, 0.2) is 59.5 Å². The van der Waals surface area contributed by atoms with Crippen molar-refractivity contribution in [1.29, 1.82) is 0 Å². The molecule has 1 aliphatic carbocycles. The van der Waals surface area contributed by atoms with E-state index in [0.717, 1.165) is 12.8 Å². The molecule has 1 saturated carbocycles. The predicted octanol–water partition coefficient (Wildman–Crippen LogP) is 3.02. The van der Waals surface area contributed by atoms with Gasteiger partial charge in [-0.2, -0.15) is 0 Å². The fourth-order valence-electron chi connectivity index (χ4n) is 2.54. The van der Waals surface area contributed by atoms with Crippen LogP contribution >= 0.6 is 0 Å². The first kappa shape index (κ1) is 16.5. The summed E-state index contributed by atoms with van der Waals surface area (Å²) in [6.45, 7) is 2.00. The molecular weight excluding hydrogens is 324 g/mol. The van der Waals surface area contributed by atoms with Crippen molar-refractivity contribution in [3.63, 3.8) is 0 Å². The maximum Gasteiger partial charge on any atom is 0.261 e. The lowest BCUT2D eigenvalue weighted by atomic mass is 10.1. The minimum absolute atomic E-state index is 0.141. The topological polar surface area (TPSA) is 75.3 Å². The molecule has 1 amide bonds. The van der Waals surface area contributed by atoms with Gasteiger partial charge in [0.05, 0.1) is 4.90 Å². The van der Waals surface area contributed by atoms with Crippen molar-refractivity contribution in [2.45, 2.75) is 30.7 Å². The first-order valence-electron chi connectivity index (χ1n) is 7.94. The molecule has 0 aromatic heterocycles. The molecule has 1 aliphatic rings. The van der Waals surface area contributed by atoms with E-state index in [1.807, 2.05) is 6.92 Å². The Kier molecular flexibility index (Phi) is 4.57. The molecular formula is C18H20N2O3S. The van der Waals surface area contributed by atoms with Gasteiger partial charge in [0.2, 0.25) is 0 Å². The number of carbonyl (C=O) groups is 1. The van der Waals surface area contributed by atoms with Gasteiger partial charge in [0, 0.05) is 17.3 Å². The highest BCUT2D eigenvalue weighted by Gasteiger charge is 2.29. The first-order chi connectivity index (χ1) is 11.5. The SMILES string of the molecule is CC(NC(=O)c1cccc(NS(=O)(=O)c2ccccc2)c1)C1CC1. The van der Waals surface area contributed by atoms with Crippen molar-refractivity contribution in [3.8, 4) is 0 Å². The maximum absolute atomic E-state index is 12.3. The van der Waals surface area contributed by atoms with Crippen molar-refractivity contribution in [1.82, 2.24) is 5.32 Å². The van der Waals surface area contributed by atoms with Gasteiger partial charge in [-0.15, -0.1) is 0 Å². The second-order valence-corrected chi connectivity index (χ2v) is 7.78. The van der Waals surface area contributed by atoms with Crippen LogP contribution in [0.4, 0.5) is 5.69 Å². The van der Waals surface area contributed by atoms with Crippen LogP contribution in [0.1, 0.15) is 30.1 Å². The largest absolute Gasteiger partial charge is 0.349 e. The lowest BCUT2D eigenvalue weighted by Gasteiger charge is -2.14. The molecule has 2 aromatic carbocycles. The van der Waals surface area contributed by atoms with E-state index in [1.54, 1.807) is 42.5 Å². The highest BCUT2D eigenvalue weighted by molar-refractivity contribution is 7.92. The molecule has 0 heterocycles. The van der Waals surface area contributed by atoms with Crippen molar-refractivity contribution in [3.05, 3.63) is 60.2 Å². The summed E-state index contributed by atoms with van der Waals surface area (Å²) in [5, 5.41) is 2.96. The number of hydrogen-bond acceptors (Lipinski definition) is 3. The Bertz CT molecular complexity index is 830. The van der Waals surface area contributed by atoms with Gasteiger partial charge in [0.15, 0.2) is 0 Å². The lowest BCUT2D eigenvalue weighted by Crippen LogP contribution is -2.34. The number of hydrogen-bond donors (Lipinski definition) is 2. The molecule has 0 radical (unpaired) electrons. The summed E-state index contributed by atoms with van der Waals surface area (Å²) in [7, 11) is -3.66. The molecule has 1 fully saturated rings. The zero-order valence-electron chi connectivity index (χ0n) is 13.4. The minimum Gasteiger partial charge on any atom is -0.349 e. The second-order valence-electron chi connectivity index (χ2n) is 6.10. The molecule has 2 aromatic rings. The summed E-state index contributed by atoms with van der Waals surface area (Å²) in [5.41, 5.74) is 0.807. The van der Waals surface area contributed by atoms with Gasteiger partial charge in [0.1, 0.15) is 0 Å². The molecule has 126 valence electrons. The fraction of sp³-hybridized carbons (Fsp3) is 0.278. The third-order valence-electron chi connectivity index (χ3n) is 4.12. The van der Waals surface area contributed by atoms with Crippen LogP contribution in [0.5, 0.6) is 0 Å². The normalized spacial score (nSPS) is 15.5. The molecule has 1 unspecified atom stereocenters. The highest BCUT2D eigenvalue weighted by atomic mass is 32.2. The van der Waals surface area contributed by atoms with E-state index in [4.69, 9.17) is 0 Å². The molecule has 0 spiro atoms. The summed E-state index contributed by atoms with van der Waals surface area (Å²) in [6, 6.07) is 14.8. The van der Waals surface area contributed by atoms with Crippen LogP contribution in [-0.4, -0.2) is 20.4 Å². The number of anilines is 1. The second kappa shape index (κ2) is 6.65. The van der Waals surface area contributed by atoms with Crippen LogP contribution in [0.25, 0.3) is 0 Å². The lowest BCUT2D eigenvalue weighted by molar-refractivity contribution is 0.0936. The Morgan fingerprint density at radius 3 is 2.46 bits per heavy atom. The molecule has 0 aliphatic heterocycles. The Morgan fingerprint density at radius 1 is 1.08 bits per heavy atom. The summed E-state index contributed by atoms with van der Waals surface area (Å²) in [6.07, 6.45) is 2.30.